The molecular weight excluding hydrogens is 305 g/mol. The highest BCUT2D eigenvalue weighted by Crippen LogP contribution is 2.29. The Morgan fingerprint density at radius 2 is 2.04 bits per heavy atom. The first-order valence-electron chi connectivity index (χ1n) is 7.26. The van der Waals surface area contributed by atoms with E-state index in [2.05, 4.69) is 0 Å². The Morgan fingerprint density at radius 3 is 2.57 bits per heavy atom. The fraction of sp³-hybridized carbons (Fsp3) is 0.500. The number of nitrogens with two attached hydrogens (primary N) is 1. The number of nitrogen functional groups attached to an aromatic ring is 1. The molecule has 1 aliphatic heterocycles. The maximum Gasteiger partial charge on any atom is 0.347 e. The standard InChI is InChI=1S/C16H20FNO5/c1-8-5-13(15(20)21-8)22-14(19)9-6-12(23-16(2,3)4)10(17)7-11(9)18/h6-8,13H,5,18H2,1-4H3/t8-,13-/m0/s1. The lowest BCUT2D eigenvalue weighted by Crippen LogP contribution is -2.25. The first-order valence-corrected chi connectivity index (χ1v) is 7.26. The van der Waals surface area contributed by atoms with Gasteiger partial charge in [-0.15, -0.1) is 0 Å². The number of halogens is 1. The molecule has 126 valence electrons. The highest BCUT2D eigenvalue weighted by Gasteiger charge is 2.35. The zero-order valence-electron chi connectivity index (χ0n) is 13.5. The van der Waals surface area contributed by atoms with E-state index in [0.717, 1.165) is 6.07 Å². The molecule has 23 heavy (non-hydrogen) atoms. The lowest BCUT2D eigenvalue weighted by Gasteiger charge is -2.22. The van der Waals surface area contributed by atoms with Crippen LogP contribution in [0.2, 0.25) is 0 Å². The van der Waals surface area contributed by atoms with E-state index in [9.17, 15) is 14.0 Å². The van der Waals surface area contributed by atoms with Crippen LogP contribution in [-0.4, -0.2) is 29.7 Å². The van der Waals surface area contributed by atoms with Crippen LogP contribution in [0.1, 0.15) is 44.5 Å². The monoisotopic (exact) mass is 325 g/mol. The second kappa shape index (κ2) is 6.06. The number of anilines is 1. The van der Waals surface area contributed by atoms with Gasteiger partial charge in [0.05, 0.1) is 5.56 Å². The molecule has 0 bridgehead atoms. The Morgan fingerprint density at radius 1 is 1.39 bits per heavy atom. The van der Waals surface area contributed by atoms with Gasteiger partial charge in [-0.1, -0.05) is 0 Å². The first-order chi connectivity index (χ1) is 10.6. The number of cyclic esters (lactones) is 1. The first kappa shape index (κ1) is 17.1. The minimum absolute atomic E-state index is 0.0574. The van der Waals surface area contributed by atoms with Crippen molar-refractivity contribution >= 4 is 17.6 Å². The van der Waals surface area contributed by atoms with Crippen LogP contribution in [0.3, 0.4) is 0 Å². The smallest absolute Gasteiger partial charge is 0.347 e. The summed E-state index contributed by atoms with van der Waals surface area (Å²) in [4.78, 5) is 23.7. The predicted molar refractivity (Wildman–Crippen MR) is 80.6 cm³/mol. The molecule has 0 aliphatic carbocycles. The van der Waals surface area contributed by atoms with Crippen molar-refractivity contribution in [3.05, 3.63) is 23.5 Å². The van der Waals surface area contributed by atoms with Crippen LogP contribution >= 0.6 is 0 Å². The molecule has 7 heteroatoms. The van der Waals surface area contributed by atoms with Gasteiger partial charge in [0.1, 0.15) is 11.7 Å². The second-order valence-corrected chi connectivity index (χ2v) is 6.46. The van der Waals surface area contributed by atoms with Crippen molar-refractivity contribution in [2.75, 3.05) is 5.73 Å². The molecule has 2 rings (SSSR count). The molecule has 1 aliphatic rings. The van der Waals surface area contributed by atoms with Crippen LogP contribution in [0.5, 0.6) is 5.75 Å². The molecule has 2 atom stereocenters. The summed E-state index contributed by atoms with van der Waals surface area (Å²) in [7, 11) is 0. The van der Waals surface area contributed by atoms with Crippen LogP contribution in [0.15, 0.2) is 12.1 Å². The van der Waals surface area contributed by atoms with Gasteiger partial charge in [0.15, 0.2) is 11.6 Å². The molecule has 1 fully saturated rings. The minimum Gasteiger partial charge on any atom is -0.485 e. The fourth-order valence-electron chi connectivity index (χ4n) is 2.16. The van der Waals surface area contributed by atoms with Crippen molar-refractivity contribution in [1.29, 1.82) is 0 Å². The number of carbonyl (C=O) groups is 2. The fourth-order valence-corrected chi connectivity index (χ4v) is 2.16. The number of carbonyl (C=O) groups excluding carboxylic acids is 2. The summed E-state index contributed by atoms with van der Waals surface area (Å²) in [6, 6.07) is 2.18. The minimum atomic E-state index is -0.978. The van der Waals surface area contributed by atoms with Gasteiger partial charge in [0.2, 0.25) is 6.10 Å². The van der Waals surface area contributed by atoms with Crippen molar-refractivity contribution in [3.8, 4) is 5.75 Å². The Labute approximate surface area is 133 Å². The van der Waals surface area contributed by atoms with Crippen molar-refractivity contribution in [1.82, 2.24) is 0 Å². The van der Waals surface area contributed by atoms with Gasteiger partial charge >= 0.3 is 11.9 Å². The van der Waals surface area contributed by atoms with Gasteiger partial charge in [-0.3, -0.25) is 0 Å². The van der Waals surface area contributed by atoms with Crippen molar-refractivity contribution in [3.63, 3.8) is 0 Å². The average Bonchev–Trinajstić information content (AvgIpc) is 2.69. The van der Waals surface area contributed by atoms with E-state index in [1.165, 1.54) is 6.07 Å². The summed E-state index contributed by atoms with van der Waals surface area (Å²) in [6.07, 6.45) is -1.02. The number of ether oxygens (including phenoxy) is 3. The van der Waals surface area contributed by atoms with E-state index in [0.29, 0.717) is 0 Å². The molecule has 0 saturated carbocycles. The van der Waals surface area contributed by atoms with E-state index in [-0.39, 0.29) is 29.5 Å². The average molecular weight is 325 g/mol. The number of hydrogen-bond donors (Lipinski definition) is 1. The van der Waals surface area contributed by atoms with E-state index in [1.807, 2.05) is 0 Å². The third-order valence-electron chi connectivity index (χ3n) is 3.12. The SMILES string of the molecule is C[C@H]1C[C@H](OC(=O)c2cc(OC(C)(C)C)c(F)cc2N)C(=O)O1. The van der Waals surface area contributed by atoms with E-state index in [4.69, 9.17) is 19.9 Å². The molecule has 1 aromatic rings. The largest absolute Gasteiger partial charge is 0.485 e. The summed E-state index contributed by atoms with van der Waals surface area (Å²) in [5.41, 5.74) is 4.88. The quantitative estimate of drug-likeness (QED) is 0.678. The zero-order chi connectivity index (χ0) is 17.4. The van der Waals surface area contributed by atoms with Crippen LogP contribution in [-0.2, 0) is 14.3 Å². The molecule has 0 unspecified atom stereocenters. The van der Waals surface area contributed by atoms with Crippen LogP contribution in [0, 0.1) is 5.82 Å². The van der Waals surface area contributed by atoms with Gasteiger partial charge in [-0.05, 0) is 33.8 Å². The summed E-state index contributed by atoms with van der Waals surface area (Å²) in [5, 5.41) is 0. The third kappa shape index (κ3) is 4.12. The Kier molecular flexibility index (Phi) is 4.49. The Bertz CT molecular complexity index is 638. The van der Waals surface area contributed by atoms with Crippen LogP contribution in [0.4, 0.5) is 10.1 Å². The number of hydrogen-bond acceptors (Lipinski definition) is 6. The van der Waals surface area contributed by atoms with E-state index >= 15 is 0 Å². The topological polar surface area (TPSA) is 87.9 Å². The number of benzene rings is 1. The van der Waals surface area contributed by atoms with Crippen LogP contribution < -0.4 is 10.5 Å². The molecule has 0 amide bonds. The van der Waals surface area contributed by atoms with E-state index in [1.54, 1.807) is 27.7 Å². The Hall–Kier alpha value is -2.31. The maximum absolute atomic E-state index is 13.9. The van der Waals surface area contributed by atoms with E-state index < -0.39 is 29.5 Å². The van der Waals surface area contributed by atoms with Crippen molar-refractivity contribution < 1.29 is 28.2 Å². The zero-order valence-corrected chi connectivity index (χ0v) is 13.5. The lowest BCUT2D eigenvalue weighted by molar-refractivity contribution is -0.147. The molecule has 6 nitrogen and oxygen atoms in total. The maximum atomic E-state index is 13.9. The second-order valence-electron chi connectivity index (χ2n) is 6.46. The van der Waals surface area contributed by atoms with Gasteiger partial charge in [-0.25, -0.2) is 14.0 Å². The highest BCUT2D eigenvalue weighted by molar-refractivity contribution is 5.97. The van der Waals surface area contributed by atoms with Gasteiger partial charge < -0.3 is 19.9 Å². The number of esters is 2. The molecule has 0 spiro atoms. The summed E-state index contributed by atoms with van der Waals surface area (Å²) < 4.78 is 29.4. The lowest BCUT2D eigenvalue weighted by atomic mass is 10.1. The molecule has 1 heterocycles. The van der Waals surface area contributed by atoms with Crippen molar-refractivity contribution in [2.45, 2.75) is 51.9 Å². The van der Waals surface area contributed by atoms with Crippen molar-refractivity contribution in [2.24, 2.45) is 0 Å². The third-order valence-corrected chi connectivity index (χ3v) is 3.12. The van der Waals surface area contributed by atoms with Gasteiger partial charge in [0.25, 0.3) is 0 Å². The Balaban J connectivity index is 2.23. The molecule has 1 saturated heterocycles. The number of rotatable bonds is 3. The summed E-state index contributed by atoms with van der Waals surface area (Å²) in [6.45, 7) is 6.94. The molecular formula is C16H20FNO5. The van der Waals surface area contributed by atoms with Crippen LogP contribution in [0.25, 0.3) is 0 Å². The molecule has 1 aromatic carbocycles. The molecule has 0 radical (unpaired) electrons. The van der Waals surface area contributed by atoms with Gasteiger partial charge in [-0.2, -0.15) is 0 Å². The summed E-state index contributed by atoms with van der Waals surface area (Å²) in [5.74, 6) is -2.21. The molecule has 2 N–H and O–H groups in total. The van der Waals surface area contributed by atoms with Gasteiger partial charge in [0, 0.05) is 18.2 Å². The predicted octanol–water partition coefficient (Wildman–Crippen LogP) is 2.45. The highest BCUT2D eigenvalue weighted by atomic mass is 19.1. The normalized spacial score (nSPS) is 21.0. The molecule has 0 aromatic heterocycles. The summed E-state index contributed by atoms with van der Waals surface area (Å²) >= 11 is 0.